The highest BCUT2D eigenvalue weighted by Crippen LogP contribution is 2.19. The maximum absolute atomic E-state index is 8.65. The molecule has 2 N–H and O–H groups in total. The van der Waals surface area contributed by atoms with Gasteiger partial charge in [-0.3, -0.25) is 4.68 Å². The zero-order valence-electron chi connectivity index (χ0n) is 13.7. The number of halogens is 1. The van der Waals surface area contributed by atoms with Crippen molar-refractivity contribution in [3.8, 4) is 0 Å². The third-order valence-electron chi connectivity index (χ3n) is 3.77. The molecule has 0 fully saturated rings. The minimum atomic E-state index is 0.0625. The molecule has 1 aromatic carbocycles. The molecule has 2 aromatic rings. The number of aromatic nitrogens is 2. The van der Waals surface area contributed by atoms with E-state index in [-0.39, 0.29) is 6.61 Å². The fraction of sp³-hybridized carbons (Fsp3) is 0.471. The van der Waals surface area contributed by atoms with E-state index in [1.54, 1.807) is 0 Å². The van der Waals surface area contributed by atoms with Gasteiger partial charge < -0.3 is 15.2 Å². The third-order valence-corrected chi connectivity index (χ3v) is 4.14. The number of aliphatic hydroxyl groups excluding tert-OH is 1. The molecule has 0 saturated carbocycles. The summed E-state index contributed by atoms with van der Waals surface area (Å²) in [6, 6.07) is 7.84. The largest absolute Gasteiger partial charge is 0.394 e. The summed E-state index contributed by atoms with van der Waals surface area (Å²) in [5, 5.41) is 17.4. The van der Waals surface area contributed by atoms with Crippen molar-refractivity contribution < 1.29 is 9.84 Å². The van der Waals surface area contributed by atoms with Crippen LogP contribution in [-0.4, -0.2) is 41.3 Å². The Bertz CT molecular complexity index is 628. The molecule has 0 saturated heterocycles. The molecule has 126 valence electrons. The minimum Gasteiger partial charge on any atom is -0.394 e. The lowest BCUT2D eigenvalue weighted by Gasteiger charge is -2.08. The lowest BCUT2D eigenvalue weighted by Crippen LogP contribution is -2.20. The van der Waals surface area contributed by atoms with Gasteiger partial charge in [0.05, 0.1) is 32.1 Å². The van der Waals surface area contributed by atoms with E-state index in [4.69, 9.17) is 21.4 Å². The maximum atomic E-state index is 8.65. The molecule has 5 nitrogen and oxygen atoms in total. The van der Waals surface area contributed by atoms with Crippen molar-refractivity contribution in [2.75, 3.05) is 26.4 Å². The van der Waals surface area contributed by atoms with Crippen LogP contribution in [0.3, 0.4) is 0 Å². The van der Waals surface area contributed by atoms with E-state index in [1.165, 1.54) is 5.56 Å². The number of nitrogens with one attached hydrogen (secondary N) is 1. The van der Waals surface area contributed by atoms with Gasteiger partial charge in [-0.2, -0.15) is 5.10 Å². The monoisotopic (exact) mass is 337 g/mol. The van der Waals surface area contributed by atoms with E-state index in [9.17, 15) is 0 Å². The van der Waals surface area contributed by atoms with Gasteiger partial charge in [-0.25, -0.2) is 0 Å². The van der Waals surface area contributed by atoms with E-state index < -0.39 is 0 Å². The summed E-state index contributed by atoms with van der Waals surface area (Å²) in [5.41, 5.74) is 4.44. The Labute approximate surface area is 142 Å². The van der Waals surface area contributed by atoms with Gasteiger partial charge in [0, 0.05) is 29.4 Å². The molecule has 1 heterocycles. The van der Waals surface area contributed by atoms with E-state index in [0.717, 1.165) is 35.1 Å². The van der Waals surface area contributed by atoms with Gasteiger partial charge in [-0.1, -0.05) is 29.8 Å². The number of hydrogen-bond acceptors (Lipinski definition) is 4. The summed E-state index contributed by atoms with van der Waals surface area (Å²) in [4.78, 5) is 0. The van der Waals surface area contributed by atoms with Crippen LogP contribution < -0.4 is 5.32 Å². The van der Waals surface area contributed by atoms with E-state index in [1.807, 2.05) is 35.9 Å². The van der Waals surface area contributed by atoms with Gasteiger partial charge in [-0.05, 0) is 25.5 Å². The summed E-state index contributed by atoms with van der Waals surface area (Å²) < 4.78 is 7.23. The second-order valence-electron chi connectivity index (χ2n) is 5.41. The quantitative estimate of drug-likeness (QED) is 0.689. The number of aryl methyl sites for hydroxylation is 1. The average Bonchev–Trinajstić information content (AvgIpc) is 2.80. The lowest BCUT2D eigenvalue weighted by atomic mass is 10.2. The molecular formula is C17H24ClN3O2. The van der Waals surface area contributed by atoms with Gasteiger partial charge in [0.25, 0.3) is 0 Å². The van der Waals surface area contributed by atoms with Crippen molar-refractivity contribution in [1.29, 1.82) is 0 Å². The topological polar surface area (TPSA) is 59.3 Å². The summed E-state index contributed by atoms with van der Waals surface area (Å²) in [5.74, 6) is 0. The molecule has 2 rings (SSSR count). The number of aliphatic hydroxyl groups is 1. The first kappa shape index (κ1) is 17.9. The Morgan fingerprint density at radius 1 is 1.26 bits per heavy atom. The zero-order valence-corrected chi connectivity index (χ0v) is 14.4. The third kappa shape index (κ3) is 5.04. The predicted molar refractivity (Wildman–Crippen MR) is 91.9 cm³/mol. The normalized spacial score (nSPS) is 11.1. The molecule has 0 spiro atoms. The second-order valence-corrected chi connectivity index (χ2v) is 5.82. The van der Waals surface area contributed by atoms with Crippen LogP contribution in [0, 0.1) is 13.8 Å². The fourth-order valence-corrected chi connectivity index (χ4v) is 2.65. The molecule has 0 aliphatic carbocycles. The number of ether oxygens (including phenoxy) is 1. The highest BCUT2D eigenvalue weighted by molar-refractivity contribution is 6.31. The van der Waals surface area contributed by atoms with Crippen molar-refractivity contribution in [1.82, 2.24) is 15.1 Å². The number of nitrogens with zero attached hydrogens (tertiary/aromatic N) is 2. The Kier molecular flexibility index (Phi) is 7.05. The van der Waals surface area contributed by atoms with Gasteiger partial charge >= 0.3 is 0 Å². The molecular weight excluding hydrogens is 314 g/mol. The molecule has 1 aromatic heterocycles. The molecule has 0 bridgehead atoms. The van der Waals surface area contributed by atoms with Crippen molar-refractivity contribution in [3.05, 3.63) is 51.8 Å². The second kappa shape index (κ2) is 9.03. The van der Waals surface area contributed by atoms with Crippen molar-refractivity contribution in [2.45, 2.75) is 26.9 Å². The number of rotatable bonds is 9. The van der Waals surface area contributed by atoms with Gasteiger partial charge in [0.2, 0.25) is 0 Å². The maximum Gasteiger partial charge on any atom is 0.0698 e. The highest BCUT2D eigenvalue weighted by Gasteiger charge is 2.12. The molecule has 0 aliphatic heterocycles. The molecule has 0 unspecified atom stereocenters. The molecule has 0 atom stereocenters. The Morgan fingerprint density at radius 2 is 2.04 bits per heavy atom. The van der Waals surface area contributed by atoms with Crippen LogP contribution in [0.5, 0.6) is 0 Å². The Morgan fingerprint density at radius 3 is 2.78 bits per heavy atom. The smallest absolute Gasteiger partial charge is 0.0698 e. The molecule has 0 aliphatic rings. The van der Waals surface area contributed by atoms with Crippen molar-refractivity contribution in [2.24, 2.45) is 0 Å². The van der Waals surface area contributed by atoms with Crippen LogP contribution in [0.4, 0.5) is 0 Å². The van der Waals surface area contributed by atoms with Crippen LogP contribution in [0.2, 0.25) is 5.02 Å². The average molecular weight is 338 g/mol. The first-order chi connectivity index (χ1) is 11.1. The number of benzene rings is 1. The fourth-order valence-electron chi connectivity index (χ4n) is 2.46. The number of hydrogen-bond donors (Lipinski definition) is 2. The molecule has 6 heteroatoms. The van der Waals surface area contributed by atoms with Crippen LogP contribution in [0.25, 0.3) is 0 Å². The van der Waals surface area contributed by atoms with E-state index >= 15 is 0 Å². The van der Waals surface area contributed by atoms with Gasteiger partial charge in [0.1, 0.15) is 0 Å². The summed E-state index contributed by atoms with van der Waals surface area (Å²) in [6.45, 7) is 7.31. The van der Waals surface area contributed by atoms with Crippen LogP contribution >= 0.6 is 11.6 Å². The summed E-state index contributed by atoms with van der Waals surface area (Å²) >= 11 is 6.23. The van der Waals surface area contributed by atoms with E-state index in [2.05, 4.69) is 17.3 Å². The summed E-state index contributed by atoms with van der Waals surface area (Å²) in [7, 11) is 0. The zero-order chi connectivity index (χ0) is 16.7. The predicted octanol–water partition coefficient (Wildman–Crippen LogP) is 2.30. The lowest BCUT2D eigenvalue weighted by molar-refractivity contribution is 0.0938. The molecule has 0 radical (unpaired) electrons. The van der Waals surface area contributed by atoms with Crippen LogP contribution in [-0.2, 0) is 17.8 Å². The van der Waals surface area contributed by atoms with Crippen molar-refractivity contribution in [3.63, 3.8) is 0 Å². The van der Waals surface area contributed by atoms with Crippen LogP contribution in [0.1, 0.15) is 22.5 Å². The molecule has 23 heavy (non-hydrogen) atoms. The van der Waals surface area contributed by atoms with Crippen LogP contribution in [0.15, 0.2) is 24.3 Å². The minimum absolute atomic E-state index is 0.0625. The highest BCUT2D eigenvalue weighted by atomic mass is 35.5. The van der Waals surface area contributed by atoms with Gasteiger partial charge in [0.15, 0.2) is 0 Å². The summed E-state index contributed by atoms with van der Waals surface area (Å²) in [6.07, 6.45) is 0. The Balaban J connectivity index is 1.95. The standard InChI is InChI=1S/C17H24ClN3O2/c1-13-16(11-19-7-9-23-10-8-22)14(2)21(20-13)12-15-5-3-4-6-17(15)18/h3-6,19,22H,7-12H2,1-2H3. The van der Waals surface area contributed by atoms with Crippen molar-refractivity contribution >= 4 is 11.6 Å². The van der Waals surface area contributed by atoms with Gasteiger partial charge in [-0.15, -0.1) is 0 Å². The first-order valence-corrected chi connectivity index (χ1v) is 8.17. The SMILES string of the molecule is Cc1nn(Cc2ccccc2Cl)c(C)c1CNCCOCCO. The first-order valence-electron chi connectivity index (χ1n) is 7.79. The Hall–Kier alpha value is -1.40. The molecule has 0 amide bonds. The van der Waals surface area contributed by atoms with E-state index in [0.29, 0.717) is 19.8 Å².